The average Bonchev–Trinajstić information content (AvgIpc) is 3.35. The van der Waals surface area contributed by atoms with Crippen molar-refractivity contribution >= 4 is 71.4 Å². The molecule has 14 heteroatoms. The van der Waals surface area contributed by atoms with Crippen molar-refractivity contribution in [3.05, 3.63) is 71.3 Å². The number of oxazole rings is 1. The van der Waals surface area contributed by atoms with Crippen molar-refractivity contribution in [3.63, 3.8) is 0 Å². The normalized spacial score (nSPS) is 14.8. The quantitative estimate of drug-likeness (QED) is 0.233. The van der Waals surface area contributed by atoms with Crippen LogP contribution in [0, 0.1) is 5.82 Å². The van der Waals surface area contributed by atoms with Gasteiger partial charge in [-0.1, -0.05) is 36.0 Å². The monoisotopic (exact) mass is 592 g/mol. The molecule has 10 nitrogen and oxygen atoms in total. The van der Waals surface area contributed by atoms with Crippen LogP contribution in [-0.2, 0) is 31.5 Å². The molecule has 0 saturated carbocycles. The number of hydrogen-bond donors (Lipinski definition) is 2. The summed E-state index contributed by atoms with van der Waals surface area (Å²) in [4.78, 5) is 14.7. The molecule has 1 aromatic heterocycles. The Balaban J connectivity index is 1.63. The summed E-state index contributed by atoms with van der Waals surface area (Å²) in [5.74, 6) is -1.47. The van der Waals surface area contributed by atoms with Gasteiger partial charge in [-0.05, 0) is 35.7 Å². The second kappa shape index (κ2) is 10.3. The number of amides is 1. The first-order valence-electron chi connectivity index (χ1n) is 11.6. The standard InChI is InChI=1S/C25H22FN3O7S3/c1-38(31,32)27-22(30)15-29-19-13-17(26)8-10-21(19)37-24(29)14-23-28(11-4-12-39(33,34)35)25-18-6-3-2-5-16(18)7-9-20(25)36-23/h2-3,5-10,13-14H,4,11-12,15H2,1H3,(H-,27,30,33,34,35)/p+1. The molecule has 204 valence electrons. The first-order valence-corrected chi connectivity index (χ1v) is 16.0. The second-order valence-corrected chi connectivity index (χ2v) is 13.3. The van der Waals surface area contributed by atoms with Gasteiger partial charge in [0.1, 0.15) is 12.4 Å². The van der Waals surface area contributed by atoms with Gasteiger partial charge in [-0.15, -0.1) is 0 Å². The third kappa shape index (κ3) is 6.08. The molecule has 4 aromatic rings. The summed E-state index contributed by atoms with van der Waals surface area (Å²) < 4.78 is 79.3. The molecule has 0 saturated heterocycles. The highest BCUT2D eigenvalue weighted by Crippen LogP contribution is 2.46. The molecule has 0 bridgehead atoms. The molecule has 1 amide bonds. The van der Waals surface area contributed by atoms with E-state index >= 15 is 0 Å². The Morgan fingerprint density at radius 2 is 1.92 bits per heavy atom. The topological polar surface area (TPSA) is 138 Å². The maximum absolute atomic E-state index is 14.1. The van der Waals surface area contributed by atoms with Gasteiger partial charge in [0.2, 0.25) is 15.6 Å². The van der Waals surface area contributed by atoms with Gasteiger partial charge in [0.25, 0.3) is 21.5 Å². The third-order valence-electron chi connectivity index (χ3n) is 5.94. The van der Waals surface area contributed by atoms with Gasteiger partial charge in [-0.3, -0.25) is 14.1 Å². The van der Waals surface area contributed by atoms with Gasteiger partial charge in [-0.25, -0.2) is 12.8 Å². The number of hydrogen-bond acceptors (Lipinski definition) is 8. The Hall–Kier alpha value is -3.46. The molecule has 0 aliphatic carbocycles. The van der Waals surface area contributed by atoms with Gasteiger partial charge in [-0.2, -0.15) is 13.0 Å². The predicted octanol–water partition coefficient (Wildman–Crippen LogP) is 3.28. The number of thioether (sulfide) groups is 1. The van der Waals surface area contributed by atoms with Crippen LogP contribution in [0.4, 0.5) is 10.1 Å². The van der Waals surface area contributed by atoms with Gasteiger partial charge in [0.15, 0.2) is 6.54 Å². The molecule has 0 radical (unpaired) electrons. The van der Waals surface area contributed by atoms with Gasteiger partial charge < -0.3 is 9.32 Å². The lowest BCUT2D eigenvalue weighted by atomic mass is 10.1. The van der Waals surface area contributed by atoms with Crippen molar-refractivity contribution in [3.8, 4) is 0 Å². The van der Waals surface area contributed by atoms with Crippen molar-refractivity contribution in [1.29, 1.82) is 0 Å². The molecule has 0 atom stereocenters. The van der Waals surface area contributed by atoms with Crippen LogP contribution in [0.15, 0.2) is 68.9 Å². The smallest absolute Gasteiger partial charge is 0.376 e. The van der Waals surface area contributed by atoms with Crippen molar-refractivity contribution in [2.45, 2.75) is 17.9 Å². The Labute approximate surface area is 227 Å². The fraction of sp³-hybridized carbons (Fsp3) is 0.200. The zero-order valence-electron chi connectivity index (χ0n) is 20.5. The Kier molecular flexibility index (Phi) is 7.13. The average molecular weight is 593 g/mol. The van der Waals surface area contributed by atoms with Gasteiger partial charge in [0, 0.05) is 11.3 Å². The zero-order chi connectivity index (χ0) is 27.9. The number of aromatic nitrogens is 1. The molecule has 1 aliphatic heterocycles. The van der Waals surface area contributed by atoms with Crippen molar-refractivity contribution in [2.24, 2.45) is 0 Å². The van der Waals surface area contributed by atoms with Crippen LogP contribution in [0.5, 0.6) is 0 Å². The number of carbonyl (C=O) groups is 1. The first kappa shape index (κ1) is 27.1. The van der Waals surface area contributed by atoms with E-state index in [1.54, 1.807) is 22.8 Å². The van der Waals surface area contributed by atoms with Crippen molar-refractivity contribution in [1.82, 2.24) is 4.72 Å². The van der Waals surface area contributed by atoms with E-state index in [9.17, 15) is 30.6 Å². The zero-order valence-corrected chi connectivity index (χ0v) is 22.9. The molecule has 1 aliphatic rings. The summed E-state index contributed by atoms with van der Waals surface area (Å²) in [5, 5.41) is 2.26. The lowest BCUT2D eigenvalue weighted by molar-refractivity contribution is -0.677. The SMILES string of the molecule is CS(=O)(=O)NC(=O)CN1C(=Cc2oc3ccc4ccccc4c3[n+]2CCCS(=O)(=O)O)Sc2ccc(F)cc21. The van der Waals surface area contributed by atoms with Crippen LogP contribution in [0.3, 0.4) is 0 Å². The van der Waals surface area contributed by atoms with E-state index in [2.05, 4.69) is 0 Å². The summed E-state index contributed by atoms with van der Waals surface area (Å²) in [6.45, 7) is -0.227. The van der Waals surface area contributed by atoms with Crippen molar-refractivity contribution < 1.29 is 39.6 Å². The van der Waals surface area contributed by atoms with E-state index in [-0.39, 0.29) is 13.0 Å². The number of aryl methyl sites for hydroxylation is 1. The lowest BCUT2D eigenvalue weighted by Gasteiger charge is -2.19. The molecular weight excluding hydrogens is 569 g/mol. The van der Waals surface area contributed by atoms with E-state index in [1.165, 1.54) is 28.8 Å². The maximum atomic E-state index is 14.1. The van der Waals surface area contributed by atoms with Crippen LogP contribution >= 0.6 is 11.8 Å². The summed E-state index contributed by atoms with van der Waals surface area (Å²) in [5.41, 5.74) is 1.62. The Bertz CT molecular complexity index is 1870. The minimum absolute atomic E-state index is 0.0938. The van der Waals surface area contributed by atoms with Crippen molar-refractivity contribution in [2.75, 3.05) is 23.5 Å². The fourth-order valence-electron chi connectivity index (χ4n) is 4.44. The number of rotatable bonds is 8. The number of carbonyl (C=O) groups excluding carboxylic acids is 1. The highest BCUT2D eigenvalue weighted by atomic mass is 32.2. The molecule has 2 N–H and O–H groups in total. The van der Waals surface area contributed by atoms with E-state index in [1.807, 2.05) is 35.1 Å². The van der Waals surface area contributed by atoms with E-state index in [0.29, 0.717) is 32.6 Å². The number of benzene rings is 3. The van der Waals surface area contributed by atoms with Crippen LogP contribution in [0.25, 0.3) is 27.9 Å². The third-order valence-corrected chi connectivity index (χ3v) is 8.45. The predicted molar refractivity (Wildman–Crippen MR) is 146 cm³/mol. The molecular formula is C25H23FN3O7S3+. The van der Waals surface area contributed by atoms with Gasteiger partial charge in [0.05, 0.1) is 34.2 Å². The molecule has 3 aromatic carbocycles. The number of fused-ring (bicyclic) bond motifs is 4. The van der Waals surface area contributed by atoms with E-state index < -0.39 is 44.2 Å². The second-order valence-electron chi connectivity index (χ2n) is 8.95. The molecule has 0 unspecified atom stereocenters. The summed E-state index contributed by atoms with van der Waals surface area (Å²) >= 11 is 1.24. The van der Waals surface area contributed by atoms with Crippen LogP contribution in [0.2, 0.25) is 0 Å². The number of anilines is 1. The minimum atomic E-state index is -4.19. The van der Waals surface area contributed by atoms with Crippen LogP contribution < -0.4 is 14.2 Å². The molecule has 0 fully saturated rings. The number of nitrogens with zero attached hydrogens (tertiary/aromatic N) is 2. The number of sulfonamides is 1. The Morgan fingerprint density at radius 3 is 2.67 bits per heavy atom. The number of nitrogens with one attached hydrogen (secondary N) is 1. The Morgan fingerprint density at radius 1 is 1.15 bits per heavy atom. The largest absolute Gasteiger partial charge is 0.398 e. The molecule has 2 heterocycles. The van der Waals surface area contributed by atoms with Crippen LogP contribution in [-0.4, -0.2) is 45.8 Å². The molecule has 5 rings (SSSR count). The van der Waals surface area contributed by atoms with E-state index in [4.69, 9.17) is 4.42 Å². The maximum Gasteiger partial charge on any atom is 0.376 e. The fourth-order valence-corrected chi connectivity index (χ4v) is 6.48. The number of halogens is 1. The summed E-state index contributed by atoms with van der Waals surface area (Å²) in [6.07, 6.45) is 2.59. The molecule has 39 heavy (non-hydrogen) atoms. The summed E-state index contributed by atoms with van der Waals surface area (Å²) in [7, 11) is -8.00. The van der Waals surface area contributed by atoms with E-state index in [0.717, 1.165) is 17.0 Å². The minimum Gasteiger partial charge on any atom is -0.398 e. The molecule has 0 spiro atoms. The summed E-state index contributed by atoms with van der Waals surface area (Å²) in [6, 6.07) is 15.4. The van der Waals surface area contributed by atoms with Gasteiger partial charge >= 0.3 is 5.89 Å². The van der Waals surface area contributed by atoms with Crippen LogP contribution in [0.1, 0.15) is 12.3 Å². The highest BCUT2D eigenvalue weighted by molar-refractivity contribution is 8.03. The lowest BCUT2D eigenvalue weighted by Crippen LogP contribution is -2.39. The highest BCUT2D eigenvalue weighted by Gasteiger charge is 2.31. The first-order chi connectivity index (χ1) is 18.4.